The molecule has 1 atom stereocenters. The Hall–Kier alpha value is -2.34. The molecule has 0 aliphatic heterocycles. The molecule has 26 heavy (non-hydrogen) atoms. The Balaban J connectivity index is 1.94. The highest BCUT2D eigenvalue weighted by Gasteiger charge is 2.19. The van der Waals surface area contributed by atoms with Gasteiger partial charge in [0.25, 0.3) is 0 Å². The minimum absolute atomic E-state index is 0.0961. The van der Waals surface area contributed by atoms with Gasteiger partial charge < -0.3 is 8.98 Å². The first kappa shape index (κ1) is 18.5. The van der Waals surface area contributed by atoms with Crippen molar-refractivity contribution < 1.29 is 12.8 Å². The third kappa shape index (κ3) is 4.43. The molecule has 0 saturated heterocycles. The molecule has 2 heterocycles. The van der Waals surface area contributed by atoms with Crippen LogP contribution in [-0.2, 0) is 22.8 Å². The van der Waals surface area contributed by atoms with E-state index in [-0.39, 0.29) is 11.7 Å². The molecule has 0 spiro atoms. The lowest BCUT2D eigenvalue weighted by Crippen LogP contribution is -2.14. The topological polar surface area (TPSA) is 65.1 Å². The van der Waals surface area contributed by atoms with Crippen LogP contribution in [0.1, 0.15) is 30.1 Å². The highest BCUT2D eigenvalue weighted by atomic mass is 32.2. The summed E-state index contributed by atoms with van der Waals surface area (Å²) in [7, 11) is -3.04. The molecule has 1 aromatic carbocycles. The van der Waals surface area contributed by atoms with Crippen LogP contribution in [0, 0.1) is 6.92 Å². The van der Waals surface area contributed by atoms with E-state index in [4.69, 9.17) is 4.42 Å². The molecule has 0 bridgehead atoms. The van der Waals surface area contributed by atoms with Crippen LogP contribution < -0.4 is 0 Å². The number of aryl methyl sites for hydroxylation is 2. The number of furan rings is 1. The molecule has 0 radical (unpaired) electrons. The average molecular weight is 372 g/mol. The van der Waals surface area contributed by atoms with Crippen LogP contribution in [0.25, 0.3) is 11.3 Å². The Labute approximate surface area is 154 Å². The fraction of sp³-hybridized carbons (Fsp3) is 0.350. The summed E-state index contributed by atoms with van der Waals surface area (Å²) in [5.41, 5.74) is 2.96. The van der Waals surface area contributed by atoms with Gasteiger partial charge in [-0.3, -0.25) is 0 Å². The van der Waals surface area contributed by atoms with Crippen molar-refractivity contribution in [1.82, 2.24) is 9.55 Å². The molecule has 2 aromatic heterocycles. The molecule has 0 unspecified atom stereocenters. The minimum atomic E-state index is -3.04. The van der Waals surface area contributed by atoms with E-state index < -0.39 is 9.84 Å². The van der Waals surface area contributed by atoms with Crippen LogP contribution in [0.15, 0.2) is 53.2 Å². The van der Waals surface area contributed by atoms with Crippen molar-refractivity contribution in [3.05, 3.63) is 66.0 Å². The summed E-state index contributed by atoms with van der Waals surface area (Å²) in [6.07, 6.45) is 3.72. The van der Waals surface area contributed by atoms with E-state index in [1.807, 2.05) is 54.0 Å². The molecule has 138 valence electrons. The van der Waals surface area contributed by atoms with Crippen molar-refractivity contribution in [2.75, 3.05) is 12.0 Å². The predicted molar refractivity (Wildman–Crippen MR) is 103 cm³/mol. The van der Waals surface area contributed by atoms with Crippen molar-refractivity contribution >= 4 is 9.84 Å². The number of hydrogen-bond donors (Lipinski definition) is 0. The van der Waals surface area contributed by atoms with Crippen LogP contribution in [0.5, 0.6) is 0 Å². The maximum atomic E-state index is 11.6. The fourth-order valence-electron chi connectivity index (χ4n) is 3.02. The molecule has 0 aliphatic rings. The summed E-state index contributed by atoms with van der Waals surface area (Å²) in [6, 6.07) is 13.9. The number of rotatable bonds is 7. The fourth-order valence-corrected chi connectivity index (χ4v) is 3.55. The van der Waals surface area contributed by atoms with Gasteiger partial charge in [-0.2, -0.15) is 0 Å². The van der Waals surface area contributed by atoms with Gasteiger partial charge in [0.1, 0.15) is 21.4 Å². The first-order valence-electron chi connectivity index (χ1n) is 8.67. The molecule has 3 aromatic rings. The van der Waals surface area contributed by atoms with E-state index >= 15 is 0 Å². The highest BCUT2D eigenvalue weighted by Crippen LogP contribution is 2.28. The third-order valence-corrected chi connectivity index (χ3v) is 5.37. The van der Waals surface area contributed by atoms with Gasteiger partial charge in [-0.05, 0) is 25.5 Å². The van der Waals surface area contributed by atoms with Gasteiger partial charge in [-0.15, -0.1) is 0 Å². The van der Waals surface area contributed by atoms with Crippen LogP contribution in [0.4, 0.5) is 0 Å². The second-order valence-electron chi connectivity index (χ2n) is 6.78. The maximum Gasteiger partial charge on any atom is 0.149 e. The number of aromatic nitrogens is 2. The number of imidazole rings is 1. The van der Waals surface area contributed by atoms with Crippen molar-refractivity contribution in [3.8, 4) is 11.3 Å². The van der Waals surface area contributed by atoms with Crippen LogP contribution in [0.3, 0.4) is 0 Å². The molecule has 0 saturated carbocycles. The lowest BCUT2D eigenvalue weighted by atomic mass is 9.99. The highest BCUT2D eigenvalue weighted by molar-refractivity contribution is 7.90. The summed E-state index contributed by atoms with van der Waals surface area (Å²) in [6.45, 7) is 4.45. The second-order valence-corrected chi connectivity index (χ2v) is 9.04. The normalized spacial score (nSPS) is 13.0. The van der Waals surface area contributed by atoms with Gasteiger partial charge >= 0.3 is 0 Å². The summed E-state index contributed by atoms with van der Waals surface area (Å²) in [4.78, 5) is 4.58. The summed E-state index contributed by atoms with van der Waals surface area (Å²) in [5.74, 6) is 2.08. The van der Waals surface area contributed by atoms with Crippen LogP contribution >= 0.6 is 0 Å². The smallest absolute Gasteiger partial charge is 0.149 e. The first-order valence-corrected chi connectivity index (χ1v) is 10.7. The first-order chi connectivity index (χ1) is 12.3. The van der Waals surface area contributed by atoms with E-state index in [9.17, 15) is 8.42 Å². The molecular weight excluding hydrogens is 348 g/mol. The Morgan fingerprint density at radius 1 is 1.15 bits per heavy atom. The quantitative estimate of drug-likeness (QED) is 0.632. The molecule has 0 aliphatic carbocycles. The van der Waals surface area contributed by atoms with Gasteiger partial charge in [-0.1, -0.05) is 37.3 Å². The second kappa shape index (κ2) is 7.50. The molecule has 6 heteroatoms. The summed E-state index contributed by atoms with van der Waals surface area (Å²) < 4.78 is 30.9. The molecule has 0 N–H and O–H groups in total. The largest absolute Gasteiger partial charge is 0.466 e. The summed E-state index contributed by atoms with van der Waals surface area (Å²) in [5, 5.41) is 0. The van der Waals surface area contributed by atoms with Gasteiger partial charge in [0.05, 0.1) is 17.8 Å². The maximum absolute atomic E-state index is 11.6. The lowest BCUT2D eigenvalue weighted by Gasteiger charge is -2.14. The monoisotopic (exact) mass is 372 g/mol. The standard InChI is InChI=1S/C20H24N2O3S/c1-15(19-10-9-16(2)25-19)13-18-20(17-7-5-4-6-8-17)21-14-22(18)11-12-26(3,23)24/h4-10,14-15H,11-13H2,1-3H3/t15-/m1/s1. The molecule has 0 amide bonds. The van der Waals surface area contributed by atoms with Crippen molar-refractivity contribution in [1.29, 1.82) is 0 Å². The zero-order chi connectivity index (χ0) is 18.7. The Morgan fingerprint density at radius 2 is 1.88 bits per heavy atom. The van der Waals surface area contributed by atoms with Gasteiger partial charge in [-0.25, -0.2) is 13.4 Å². The molecule has 3 rings (SSSR count). The minimum Gasteiger partial charge on any atom is -0.466 e. The Bertz CT molecular complexity index is 972. The van der Waals surface area contributed by atoms with Crippen LogP contribution in [0.2, 0.25) is 0 Å². The number of benzene rings is 1. The van der Waals surface area contributed by atoms with E-state index in [1.165, 1.54) is 6.26 Å². The Kier molecular flexibility index (Phi) is 5.32. The number of sulfone groups is 1. The van der Waals surface area contributed by atoms with Gasteiger partial charge in [0, 0.05) is 30.0 Å². The SMILES string of the molecule is Cc1ccc([C@H](C)Cc2c(-c3ccccc3)ncn2CCS(C)(=O)=O)o1. The Morgan fingerprint density at radius 3 is 2.50 bits per heavy atom. The van der Waals surface area contributed by atoms with E-state index in [2.05, 4.69) is 11.9 Å². The number of nitrogens with zero attached hydrogens (tertiary/aromatic N) is 2. The zero-order valence-corrected chi connectivity index (χ0v) is 16.2. The van der Waals surface area contributed by atoms with E-state index in [0.717, 1.165) is 34.9 Å². The van der Waals surface area contributed by atoms with Crippen molar-refractivity contribution in [2.45, 2.75) is 32.7 Å². The zero-order valence-electron chi connectivity index (χ0n) is 15.3. The number of hydrogen-bond acceptors (Lipinski definition) is 4. The lowest BCUT2D eigenvalue weighted by molar-refractivity contribution is 0.448. The van der Waals surface area contributed by atoms with E-state index in [1.54, 1.807) is 6.33 Å². The van der Waals surface area contributed by atoms with E-state index in [0.29, 0.717) is 6.54 Å². The predicted octanol–water partition coefficient (Wildman–Crippen LogP) is 3.84. The molecule has 5 nitrogen and oxygen atoms in total. The van der Waals surface area contributed by atoms with Crippen molar-refractivity contribution in [3.63, 3.8) is 0 Å². The van der Waals surface area contributed by atoms with Crippen molar-refractivity contribution in [2.24, 2.45) is 0 Å². The van der Waals surface area contributed by atoms with Gasteiger partial charge in [0.15, 0.2) is 0 Å². The molecular formula is C20H24N2O3S. The van der Waals surface area contributed by atoms with Gasteiger partial charge in [0.2, 0.25) is 0 Å². The third-order valence-electron chi connectivity index (χ3n) is 4.44. The summed E-state index contributed by atoms with van der Waals surface area (Å²) >= 11 is 0. The average Bonchev–Trinajstić information content (AvgIpc) is 3.19. The van der Waals surface area contributed by atoms with Crippen LogP contribution in [-0.4, -0.2) is 30.0 Å². The molecule has 0 fully saturated rings.